The second-order valence-corrected chi connectivity index (χ2v) is 9.07. The number of allylic oxidation sites excluding steroid dienone is 2. The average Bonchev–Trinajstić information content (AvgIpc) is 2.93. The van der Waals surface area contributed by atoms with E-state index in [9.17, 15) is 9.59 Å². The van der Waals surface area contributed by atoms with Crippen LogP contribution in [0.1, 0.15) is 38.2 Å². The van der Waals surface area contributed by atoms with Gasteiger partial charge in [0.05, 0.1) is 10.7 Å². The highest BCUT2D eigenvalue weighted by Gasteiger charge is 2.37. The van der Waals surface area contributed by atoms with Gasteiger partial charge in [-0.1, -0.05) is 49.2 Å². The molecule has 1 saturated heterocycles. The van der Waals surface area contributed by atoms with E-state index in [1.807, 2.05) is 61.5 Å². The molecule has 166 valence electrons. The number of benzene rings is 2. The number of carbonyl (C=O) groups is 2. The van der Waals surface area contributed by atoms with Gasteiger partial charge in [0, 0.05) is 37.8 Å². The maximum Gasteiger partial charge on any atom is 0.258 e. The van der Waals surface area contributed by atoms with Crippen LogP contribution in [0.25, 0.3) is 5.57 Å². The van der Waals surface area contributed by atoms with E-state index in [0.29, 0.717) is 30.0 Å². The van der Waals surface area contributed by atoms with Crippen molar-refractivity contribution in [2.75, 3.05) is 30.4 Å². The molecule has 2 aromatic carbocycles. The molecule has 1 aliphatic carbocycles. The van der Waals surface area contributed by atoms with Crippen LogP contribution in [-0.4, -0.2) is 32.3 Å². The SMILES string of the molecule is CCCC1C(=O)C=C2CCCN(c3ccccc3Cl)C(=O)C2=C1c1cccc(N(C)C)c1. The third kappa shape index (κ3) is 4.12. The molecule has 1 amide bonds. The van der Waals surface area contributed by atoms with E-state index < -0.39 is 0 Å². The number of amides is 1. The van der Waals surface area contributed by atoms with Crippen LogP contribution in [0, 0.1) is 5.92 Å². The van der Waals surface area contributed by atoms with Gasteiger partial charge in [0.1, 0.15) is 0 Å². The lowest BCUT2D eigenvalue weighted by atomic mass is 9.75. The summed E-state index contributed by atoms with van der Waals surface area (Å²) >= 11 is 6.48. The first-order valence-corrected chi connectivity index (χ1v) is 11.6. The predicted molar refractivity (Wildman–Crippen MR) is 132 cm³/mol. The van der Waals surface area contributed by atoms with E-state index in [4.69, 9.17) is 11.6 Å². The molecule has 1 aliphatic heterocycles. The molecule has 2 aliphatic rings. The minimum absolute atomic E-state index is 0.0688. The second-order valence-electron chi connectivity index (χ2n) is 8.66. The van der Waals surface area contributed by atoms with E-state index in [2.05, 4.69) is 13.0 Å². The molecule has 2 aromatic rings. The van der Waals surface area contributed by atoms with Gasteiger partial charge in [-0.2, -0.15) is 0 Å². The van der Waals surface area contributed by atoms with Crippen LogP contribution in [0.2, 0.25) is 5.02 Å². The van der Waals surface area contributed by atoms with Crippen molar-refractivity contribution in [3.63, 3.8) is 0 Å². The summed E-state index contributed by atoms with van der Waals surface area (Å²) < 4.78 is 0. The second kappa shape index (κ2) is 9.33. The number of para-hydroxylation sites is 1. The van der Waals surface area contributed by atoms with E-state index in [-0.39, 0.29) is 17.6 Å². The summed E-state index contributed by atoms with van der Waals surface area (Å²) in [5.41, 5.74) is 5.10. The fourth-order valence-corrected chi connectivity index (χ4v) is 4.96. The number of ketones is 1. The molecule has 5 heteroatoms. The Hall–Kier alpha value is -2.85. The third-order valence-corrected chi connectivity index (χ3v) is 6.60. The molecular formula is C27H29ClN2O2. The van der Waals surface area contributed by atoms with Gasteiger partial charge in [-0.15, -0.1) is 0 Å². The summed E-state index contributed by atoms with van der Waals surface area (Å²) in [7, 11) is 3.99. The van der Waals surface area contributed by atoms with Gasteiger partial charge in [-0.3, -0.25) is 9.59 Å². The van der Waals surface area contributed by atoms with Crippen molar-refractivity contribution >= 4 is 40.2 Å². The van der Waals surface area contributed by atoms with Crippen molar-refractivity contribution in [2.24, 2.45) is 5.92 Å². The van der Waals surface area contributed by atoms with Crippen LogP contribution in [0.15, 0.2) is 65.8 Å². The summed E-state index contributed by atoms with van der Waals surface area (Å²) in [6.07, 6.45) is 4.79. The van der Waals surface area contributed by atoms with Crippen LogP contribution in [-0.2, 0) is 9.59 Å². The van der Waals surface area contributed by atoms with E-state index in [1.54, 1.807) is 11.0 Å². The Morgan fingerprint density at radius 3 is 2.59 bits per heavy atom. The highest BCUT2D eigenvalue weighted by Crippen LogP contribution is 2.43. The molecule has 0 saturated carbocycles. The zero-order chi connectivity index (χ0) is 22.8. The molecule has 0 spiro atoms. The van der Waals surface area contributed by atoms with Crippen LogP contribution in [0.5, 0.6) is 0 Å². The van der Waals surface area contributed by atoms with Crippen molar-refractivity contribution in [1.82, 2.24) is 0 Å². The van der Waals surface area contributed by atoms with Gasteiger partial charge < -0.3 is 9.80 Å². The van der Waals surface area contributed by atoms with E-state index in [0.717, 1.165) is 40.9 Å². The van der Waals surface area contributed by atoms with Gasteiger partial charge in [0.2, 0.25) is 0 Å². The van der Waals surface area contributed by atoms with Gasteiger partial charge in [0.25, 0.3) is 5.91 Å². The first kappa shape index (κ1) is 22.3. The summed E-state index contributed by atoms with van der Waals surface area (Å²) in [6, 6.07) is 15.6. The number of hydrogen-bond donors (Lipinski definition) is 0. The molecule has 1 unspecified atom stereocenters. The quantitative estimate of drug-likeness (QED) is 0.570. The largest absolute Gasteiger partial charge is 0.378 e. The highest BCUT2D eigenvalue weighted by molar-refractivity contribution is 6.34. The topological polar surface area (TPSA) is 40.6 Å². The Kier molecular flexibility index (Phi) is 6.52. The molecule has 32 heavy (non-hydrogen) atoms. The van der Waals surface area contributed by atoms with Crippen LogP contribution >= 0.6 is 11.6 Å². The van der Waals surface area contributed by atoms with E-state index >= 15 is 0 Å². The zero-order valence-electron chi connectivity index (χ0n) is 18.9. The normalized spacial score (nSPS) is 18.9. The maximum atomic E-state index is 14.0. The predicted octanol–water partition coefficient (Wildman–Crippen LogP) is 5.91. The lowest BCUT2D eigenvalue weighted by Crippen LogP contribution is -2.34. The monoisotopic (exact) mass is 448 g/mol. The summed E-state index contributed by atoms with van der Waals surface area (Å²) in [6.45, 7) is 2.65. The first-order chi connectivity index (χ1) is 15.4. The maximum absolute atomic E-state index is 14.0. The van der Waals surface area contributed by atoms with Gasteiger partial charge in [-0.25, -0.2) is 0 Å². The molecule has 0 N–H and O–H groups in total. The van der Waals surface area contributed by atoms with Gasteiger partial charge >= 0.3 is 0 Å². The smallest absolute Gasteiger partial charge is 0.258 e. The number of rotatable bonds is 5. The Bertz CT molecular complexity index is 1120. The standard InChI is InChI=1S/C27H29ClN2O2/c1-4-9-21-24(31)17-19-11-8-15-30(23-14-6-5-13-22(23)28)27(32)26(19)25(21)18-10-7-12-20(16-18)29(2)3/h5-7,10,12-14,16-17,21H,4,8-9,11,15H2,1-3H3. The molecule has 0 bridgehead atoms. The van der Waals surface area contributed by atoms with Crippen LogP contribution in [0.3, 0.4) is 0 Å². The lowest BCUT2D eigenvalue weighted by Gasteiger charge is -2.30. The molecular weight excluding hydrogens is 420 g/mol. The third-order valence-electron chi connectivity index (χ3n) is 6.28. The molecule has 4 nitrogen and oxygen atoms in total. The molecule has 0 aromatic heterocycles. The summed E-state index contributed by atoms with van der Waals surface area (Å²) in [5, 5.41) is 0.557. The number of nitrogens with zero attached hydrogens (tertiary/aromatic N) is 2. The fraction of sp³-hybridized carbons (Fsp3) is 0.333. The Balaban J connectivity index is 1.94. The molecule has 1 heterocycles. The zero-order valence-corrected chi connectivity index (χ0v) is 19.7. The van der Waals surface area contributed by atoms with Crippen molar-refractivity contribution in [3.8, 4) is 0 Å². The number of fused-ring (bicyclic) bond motifs is 1. The summed E-state index contributed by atoms with van der Waals surface area (Å²) in [4.78, 5) is 31.1. The minimum atomic E-state index is -0.314. The van der Waals surface area contributed by atoms with Crippen LogP contribution in [0.4, 0.5) is 11.4 Å². The Morgan fingerprint density at radius 2 is 1.88 bits per heavy atom. The fourth-order valence-electron chi connectivity index (χ4n) is 4.72. The van der Waals surface area contributed by atoms with Gasteiger partial charge in [-0.05, 0) is 66.3 Å². The first-order valence-electron chi connectivity index (χ1n) is 11.3. The average molecular weight is 449 g/mol. The number of carbonyl (C=O) groups excluding carboxylic acids is 2. The van der Waals surface area contributed by atoms with Crippen LogP contribution < -0.4 is 9.80 Å². The summed E-state index contributed by atoms with van der Waals surface area (Å²) in [5.74, 6) is -0.276. The van der Waals surface area contributed by atoms with Crippen molar-refractivity contribution in [1.29, 1.82) is 0 Å². The van der Waals surface area contributed by atoms with Crippen molar-refractivity contribution in [3.05, 3.63) is 76.3 Å². The minimum Gasteiger partial charge on any atom is -0.378 e. The van der Waals surface area contributed by atoms with Crippen molar-refractivity contribution < 1.29 is 9.59 Å². The Morgan fingerprint density at radius 1 is 1.09 bits per heavy atom. The number of halogens is 1. The molecule has 4 rings (SSSR count). The number of hydrogen-bond acceptors (Lipinski definition) is 3. The van der Waals surface area contributed by atoms with E-state index in [1.165, 1.54) is 0 Å². The Labute approximate surface area is 195 Å². The highest BCUT2D eigenvalue weighted by atomic mass is 35.5. The molecule has 0 radical (unpaired) electrons. The van der Waals surface area contributed by atoms with Gasteiger partial charge in [0.15, 0.2) is 5.78 Å². The van der Waals surface area contributed by atoms with Crippen molar-refractivity contribution in [2.45, 2.75) is 32.6 Å². The molecule has 1 fully saturated rings. The molecule has 1 atom stereocenters. The lowest BCUT2D eigenvalue weighted by molar-refractivity contribution is -0.117. The number of anilines is 2.